The Morgan fingerprint density at radius 1 is 1.29 bits per heavy atom. The predicted octanol–water partition coefficient (Wildman–Crippen LogP) is 2.23. The number of nitrogens with zero attached hydrogens (tertiary/aromatic N) is 2. The standard InChI is InChI=1S/C12H11N3O2/c1-8-3-4-9(11(16)17)7-10(8)15-12-13-5-2-6-14-12/h2-7H,1H3,(H,16,17)(H,13,14,15). The molecule has 5 nitrogen and oxygen atoms in total. The van der Waals surface area contributed by atoms with Gasteiger partial charge in [-0.2, -0.15) is 0 Å². The van der Waals surface area contributed by atoms with Crippen LogP contribution in [0.25, 0.3) is 0 Å². The zero-order valence-corrected chi connectivity index (χ0v) is 9.21. The average Bonchev–Trinajstić information content (AvgIpc) is 2.33. The Bertz CT molecular complexity index is 541. The van der Waals surface area contributed by atoms with Crippen molar-refractivity contribution in [3.8, 4) is 0 Å². The van der Waals surface area contributed by atoms with E-state index in [1.165, 1.54) is 0 Å². The Kier molecular flexibility index (Phi) is 3.00. The molecule has 0 fully saturated rings. The SMILES string of the molecule is Cc1ccc(C(=O)O)cc1Nc1ncccn1. The number of carboxylic acids is 1. The fraction of sp³-hybridized carbons (Fsp3) is 0.0833. The molecule has 1 aromatic heterocycles. The molecule has 5 heteroatoms. The van der Waals surface area contributed by atoms with Crippen LogP contribution >= 0.6 is 0 Å². The molecule has 17 heavy (non-hydrogen) atoms. The van der Waals surface area contributed by atoms with Crippen molar-refractivity contribution in [3.63, 3.8) is 0 Å². The van der Waals surface area contributed by atoms with Gasteiger partial charge in [-0.1, -0.05) is 6.07 Å². The number of benzene rings is 1. The van der Waals surface area contributed by atoms with Crippen LogP contribution in [0.4, 0.5) is 11.6 Å². The third-order valence-electron chi connectivity index (χ3n) is 2.30. The summed E-state index contributed by atoms with van der Waals surface area (Å²) in [4.78, 5) is 18.9. The molecule has 0 radical (unpaired) electrons. The molecule has 0 saturated heterocycles. The van der Waals surface area contributed by atoms with Crippen LogP contribution in [0.1, 0.15) is 15.9 Å². The number of carboxylic acid groups (broad SMARTS) is 1. The molecule has 0 saturated carbocycles. The van der Waals surface area contributed by atoms with Gasteiger partial charge in [0.05, 0.1) is 5.56 Å². The van der Waals surface area contributed by atoms with Crippen molar-refractivity contribution < 1.29 is 9.90 Å². The highest BCUT2D eigenvalue weighted by Crippen LogP contribution is 2.19. The number of aromatic carboxylic acids is 1. The van der Waals surface area contributed by atoms with Crippen LogP contribution in [0.5, 0.6) is 0 Å². The molecule has 1 aromatic carbocycles. The van der Waals surface area contributed by atoms with Crippen molar-refractivity contribution in [2.75, 3.05) is 5.32 Å². The third-order valence-corrected chi connectivity index (χ3v) is 2.30. The number of hydrogen-bond donors (Lipinski definition) is 2. The second kappa shape index (κ2) is 4.61. The van der Waals surface area contributed by atoms with E-state index in [0.717, 1.165) is 5.56 Å². The van der Waals surface area contributed by atoms with Crippen LogP contribution < -0.4 is 5.32 Å². The summed E-state index contributed by atoms with van der Waals surface area (Å²) in [5, 5.41) is 11.9. The minimum atomic E-state index is -0.956. The molecule has 2 aromatic rings. The van der Waals surface area contributed by atoms with Crippen molar-refractivity contribution in [1.82, 2.24) is 9.97 Å². The van der Waals surface area contributed by atoms with Crippen LogP contribution in [-0.4, -0.2) is 21.0 Å². The molecule has 1 heterocycles. The van der Waals surface area contributed by atoms with E-state index in [2.05, 4.69) is 15.3 Å². The summed E-state index contributed by atoms with van der Waals surface area (Å²) in [6, 6.07) is 6.59. The molecule has 2 N–H and O–H groups in total. The van der Waals surface area contributed by atoms with Gasteiger partial charge in [-0.15, -0.1) is 0 Å². The molecule has 0 unspecified atom stereocenters. The quantitative estimate of drug-likeness (QED) is 0.844. The zero-order valence-electron chi connectivity index (χ0n) is 9.21. The number of hydrogen-bond acceptors (Lipinski definition) is 4. The maximum Gasteiger partial charge on any atom is 0.335 e. The van der Waals surface area contributed by atoms with Gasteiger partial charge in [0, 0.05) is 18.1 Å². The Balaban J connectivity index is 2.32. The summed E-state index contributed by atoms with van der Waals surface area (Å²) < 4.78 is 0. The maximum atomic E-state index is 10.9. The molecule has 0 amide bonds. The van der Waals surface area contributed by atoms with Crippen LogP contribution in [0.2, 0.25) is 0 Å². The normalized spacial score (nSPS) is 9.94. The first-order valence-corrected chi connectivity index (χ1v) is 5.05. The first kappa shape index (κ1) is 11.1. The van der Waals surface area contributed by atoms with Crippen molar-refractivity contribution in [2.24, 2.45) is 0 Å². The van der Waals surface area contributed by atoms with E-state index in [0.29, 0.717) is 11.6 Å². The number of anilines is 2. The molecule has 0 spiro atoms. The maximum absolute atomic E-state index is 10.9. The lowest BCUT2D eigenvalue weighted by Gasteiger charge is -2.08. The summed E-state index contributed by atoms with van der Waals surface area (Å²) in [6.07, 6.45) is 3.23. The van der Waals surface area contributed by atoms with E-state index in [9.17, 15) is 4.79 Å². The largest absolute Gasteiger partial charge is 0.478 e. The summed E-state index contributed by atoms with van der Waals surface area (Å²) in [7, 11) is 0. The predicted molar refractivity (Wildman–Crippen MR) is 63.5 cm³/mol. The molecular weight excluding hydrogens is 218 g/mol. The Hall–Kier alpha value is -2.43. The fourth-order valence-corrected chi connectivity index (χ4v) is 1.37. The van der Waals surface area contributed by atoms with Crippen LogP contribution in [0, 0.1) is 6.92 Å². The van der Waals surface area contributed by atoms with Crippen LogP contribution in [0.3, 0.4) is 0 Å². The topological polar surface area (TPSA) is 75.1 Å². The van der Waals surface area contributed by atoms with E-state index >= 15 is 0 Å². The lowest BCUT2D eigenvalue weighted by molar-refractivity contribution is 0.0697. The first-order valence-electron chi connectivity index (χ1n) is 5.05. The van der Waals surface area contributed by atoms with Gasteiger partial charge in [-0.05, 0) is 30.7 Å². The average molecular weight is 229 g/mol. The number of rotatable bonds is 3. The molecule has 0 aliphatic heterocycles. The fourth-order valence-electron chi connectivity index (χ4n) is 1.37. The summed E-state index contributed by atoms with van der Waals surface area (Å²) in [5.74, 6) is -0.514. The minimum absolute atomic E-state index is 0.231. The van der Waals surface area contributed by atoms with Gasteiger partial charge in [-0.25, -0.2) is 14.8 Å². The smallest absolute Gasteiger partial charge is 0.335 e. The molecule has 2 rings (SSSR count). The molecule has 0 atom stereocenters. The first-order chi connectivity index (χ1) is 8.16. The van der Waals surface area contributed by atoms with Crippen molar-refractivity contribution in [3.05, 3.63) is 47.8 Å². The van der Waals surface area contributed by atoms with Gasteiger partial charge in [0.2, 0.25) is 5.95 Å². The van der Waals surface area contributed by atoms with E-state index in [-0.39, 0.29) is 5.56 Å². The zero-order chi connectivity index (χ0) is 12.3. The second-order valence-corrected chi connectivity index (χ2v) is 3.53. The van der Waals surface area contributed by atoms with Crippen LogP contribution in [-0.2, 0) is 0 Å². The lowest BCUT2D eigenvalue weighted by atomic mass is 10.1. The molecule has 86 valence electrons. The molecule has 0 aliphatic rings. The van der Waals surface area contributed by atoms with E-state index in [1.807, 2.05) is 6.92 Å². The van der Waals surface area contributed by atoms with Gasteiger partial charge < -0.3 is 10.4 Å². The van der Waals surface area contributed by atoms with Crippen molar-refractivity contribution in [2.45, 2.75) is 6.92 Å². The highest BCUT2D eigenvalue weighted by atomic mass is 16.4. The van der Waals surface area contributed by atoms with Crippen molar-refractivity contribution >= 4 is 17.6 Å². The van der Waals surface area contributed by atoms with Gasteiger partial charge in [0.15, 0.2) is 0 Å². The third kappa shape index (κ3) is 2.57. The van der Waals surface area contributed by atoms with Crippen LogP contribution in [0.15, 0.2) is 36.7 Å². The van der Waals surface area contributed by atoms with Gasteiger partial charge >= 0.3 is 5.97 Å². The Labute approximate surface area is 98.2 Å². The monoisotopic (exact) mass is 229 g/mol. The highest BCUT2D eigenvalue weighted by Gasteiger charge is 2.06. The number of aryl methyl sites for hydroxylation is 1. The number of nitrogens with one attached hydrogen (secondary N) is 1. The summed E-state index contributed by atoms with van der Waals surface area (Å²) in [5.41, 5.74) is 1.85. The highest BCUT2D eigenvalue weighted by molar-refractivity contribution is 5.89. The summed E-state index contributed by atoms with van der Waals surface area (Å²) >= 11 is 0. The molecular formula is C12H11N3O2. The van der Waals surface area contributed by atoms with E-state index < -0.39 is 5.97 Å². The number of carbonyl (C=O) groups is 1. The van der Waals surface area contributed by atoms with Crippen molar-refractivity contribution in [1.29, 1.82) is 0 Å². The van der Waals surface area contributed by atoms with Gasteiger partial charge in [0.1, 0.15) is 0 Å². The van der Waals surface area contributed by atoms with Gasteiger partial charge in [0.25, 0.3) is 0 Å². The lowest BCUT2D eigenvalue weighted by Crippen LogP contribution is -2.01. The number of aromatic nitrogens is 2. The van der Waals surface area contributed by atoms with E-state index in [1.54, 1.807) is 36.7 Å². The van der Waals surface area contributed by atoms with E-state index in [4.69, 9.17) is 5.11 Å². The second-order valence-electron chi connectivity index (χ2n) is 3.53. The Morgan fingerprint density at radius 3 is 2.65 bits per heavy atom. The van der Waals surface area contributed by atoms with Gasteiger partial charge in [-0.3, -0.25) is 0 Å². The Morgan fingerprint density at radius 2 is 2.00 bits per heavy atom. The molecule has 0 aliphatic carbocycles. The summed E-state index contributed by atoms with van der Waals surface area (Å²) in [6.45, 7) is 1.89. The minimum Gasteiger partial charge on any atom is -0.478 e. The molecule has 0 bridgehead atoms.